The Hall–Kier alpha value is -3.61. The van der Waals surface area contributed by atoms with Crippen molar-refractivity contribution < 1.29 is 14.3 Å². The van der Waals surface area contributed by atoms with E-state index < -0.39 is 0 Å². The lowest BCUT2D eigenvalue weighted by Gasteiger charge is -2.23. The number of nitrogens with two attached hydrogens (primary N) is 1. The summed E-state index contributed by atoms with van der Waals surface area (Å²) in [5.41, 5.74) is 10.3. The van der Waals surface area contributed by atoms with Gasteiger partial charge in [0.15, 0.2) is 0 Å². The van der Waals surface area contributed by atoms with Gasteiger partial charge in [-0.25, -0.2) is 4.79 Å². The summed E-state index contributed by atoms with van der Waals surface area (Å²) in [5, 5.41) is 11.6. The predicted molar refractivity (Wildman–Crippen MR) is 130 cm³/mol. The van der Waals surface area contributed by atoms with Crippen LogP contribution in [0.2, 0.25) is 0 Å². The minimum atomic E-state index is -0.358. The standard InChI is InChI=1S/C26H30N4O3/c1-2-33-26(32)19-11-8-17(9-12-19)16-30-22-14-18(15-27)10-13-21(22)23(28)24(30)25(31)29-20-6-4-3-5-7-20/h8-15,20,27H,2-7,16,28H2,1H3,(H,29,31). The molecule has 1 aromatic heterocycles. The second kappa shape index (κ2) is 9.90. The molecule has 0 spiro atoms. The highest BCUT2D eigenvalue weighted by Crippen LogP contribution is 2.31. The van der Waals surface area contributed by atoms with Gasteiger partial charge in [-0.1, -0.05) is 43.5 Å². The third-order valence-corrected chi connectivity index (χ3v) is 6.26. The number of benzene rings is 2. The van der Waals surface area contributed by atoms with Crippen LogP contribution in [0, 0.1) is 5.41 Å². The maximum absolute atomic E-state index is 13.4. The third kappa shape index (κ3) is 4.77. The van der Waals surface area contributed by atoms with Crippen LogP contribution in [0.3, 0.4) is 0 Å². The molecule has 172 valence electrons. The van der Waals surface area contributed by atoms with E-state index in [1.54, 1.807) is 19.1 Å². The van der Waals surface area contributed by atoms with Crippen molar-refractivity contribution in [1.82, 2.24) is 9.88 Å². The highest BCUT2D eigenvalue weighted by Gasteiger charge is 2.24. The number of amides is 1. The average Bonchev–Trinajstić information content (AvgIpc) is 3.11. The summed E-state index contributed by atoms with van der Waals surface area (Å²) in [6.07, 6.45) is 6.71. The number of hydrogen-bond donors (Lipinski definition) is 3. The van der Waals surface area contributed by atoms with Crippen molar-refractivity contribution in [1.29, 1.82) is 5.41 Å². The van der Waals surface area contributed by atoms with Gasteiger partial charge in [-0.3, -0.25) is 4.79 Å². The Morgan fingerprint density at radius 2 is 1.88 bits per heavy atom. The molecule has 0 unspecified atom stereocenters. The van der Waals surface area contributed by atoms with Crippen LogP contribution in [0.15, 0.2) is 42.5 Å². The number of esters is 1. The van der Waals surface area contributed by atoms with E-state index in [1.807, 2.05) is 34.9 Å². The number of ether oxygens (including phenoxy) is 1. The van der Waals surface area contributed by atoms with Crippen LogP contribution in [-0.2, 0) is 11.3 Å². The first kappa shape index (κ1) is 22.6. The third-order valence-electron chi connectivity index (χ3n) is 6.26. The summed E-state index contributed by atoms with van der Waals surface area (Å²) in [4.78, 5) is 25.3. The maximum atomic E-state index is 13.4. The molecule has 33 heavy (non-hydrogen) atoms. The van der Waals surface area contributed by atoms with E-state index in [9.17, 15) is 9.59 Å². The first-order valence-electron chi connectivity index (χ1n) is 11.5. The predicted octanol–water partition coefficient (Wildman–Crippen LogP) is 4.51. The Kier molecular flexibility index (Phi) is 6.77. The number of nitrogen functional groups attached to an aromatic ring is 1. The number of carbonyl (C=O) groups is 2. The fraction of sp³-hybridized carbons (Fsp3) is 0.346. The average molecular weight is 447 g/mol. The summed E-state index contributed by atoms with van der Waals surface area (Å²) < 4.78 is 6.97. The van der Waals surface area contributed by atoms with E-state index >= 15 is 0 Å². The Bertz CT molecular complexity index is 1170. The van der Waals surface area contributed by atoms with Gasteiger partial charge in [-0.05, 0) is 49.1 Å². The van der Waals surface area contributed by atoms with Gasteiger partial charge in [0.05, 0.1) is 23.4 Å². The number of carbonyl (C=O) groups excluding carboxylic acids is 2. The second-order valence-corrected chi connectivity index (χ2v) is 8.50. The fourth-order valence-corrected chi connectivity index (χ4v) is 4.54. The van der Waals surface area contributed by atoms with Gasteiger partial charge in [0.2, 0.25) is 0 Å². The Morgan fingerprint density at radius 1 is 1.15 bits per heavy atom. The molecule has 7 heteroatoms. The summed E-state index contributed by atoms with van der Waals surface area (Å²) >= 11 is 0. The number of aromatic nitrogens is 1. The van der Waals surface area contributed by atoms with E-state index in [0.717, 1.165) is 47.7 Å². The molecule has 1 saturated carbocycles. The summed E-state index contributed by atoms with van der Waals surface area (Å²) in [6, 6.07) is 12.9. The first-order valence-corrected chi connectivity index (χ1v) is 11.5. The largest absolute Gasteiger partial charge is 0.462 e. The van der Waals surface area contributed by atoms with Gasteiger partial charge in [-0.15, -0.1) is 0 Å². The van der Waals surface area contributed by atoms with E-state index in [2.05, 4.69) is 5.32 Å². The number of hydrogen-bond acceptors (Lipinski definition) is 5. The van der Waals surface area contributed by atoms with Gasteiger partial charge in [0.1, 0.15) is 5.69 Å². The molecule has 1 aliphatic rings. The van der Waals surface area contributed by atoms with Crippen molar-refractivity contribution in [3.63, 3.8) is 0 Å². The summed E-state index contributed by atoms with van der Waals surface area (Å²) in [5.74, 6) is -0.530. The van der Waals surface area contributed by atoms with Crippen molar-refractivity contribution in [2.24, 2.45) is 0 Å². The molecule has 1 heterocycles. The van der Waals surface area contributed by atoms with Crippen LogP contribution >= 0.6 is 0 Å². The lowest BCUT2D eigenvalue weighted by atomic mass is 9.95. The molecule has 0 aliphatic heterocycles. The molecule has 1 amide bonds. The van der Waals surface area contributed by atoms with E-state index in [4.69, 9.17) is 15.9 Å². The molecule has 4 rings (SSSR count). The number of rotatable bonds is 7. The van der Waals surface area contributed by atoms with Crippen molar-refractivity contribution >= 4 is 34.7 Å². The summed E-state index contributed by atoms with van der Waals surface area (Å²) in [7, 11) is 0. The monoisotopic (exact) mass is 446 g/mol. The Labute approximate surface area is 193 Å². The number of nitrogens with one attached hydrogen (secondary N) is 2. The Balaban J connectivity index is 1.71. The highest BCUT2D eigenvalue weighted by atomic mass is 16.5. The SMILES string of the molecule is CCOC(=O)c1ccc(Cn2c(C(=O)NC3CCCCC3)c(N)c3ccc(C=N)cc32)cc1. The van der Waals surface area contributed by atoms with Crippen molar-refractivity contribution in [2.45, 2.75) is 51.6 Å². The van der Waals surface area contributed by atoms with Crippen LogP contribution in [0.4, 0.5) is 5.69 Å². The topological polar surface area (TPSA) is 110 Å². The maximum Gasteiger partial charge on any atom is 0.338 e. The number of fused-ring (bicyclic) bond motifs is 1. The zero-order chi connectivity index (χ0) is 23.4. The zero-order valence-corrected chi connectivity index (χ0v) is 18.9. The van der Waals surface area contributed by atoms with Crippen LogP contribution in [0.1, 0.15) is 71.0 Å². The summed E-state index contributed by atoms with van der Waals surface area (Å²) in [6.45, 7) is 2.51. The van der Waals surface area contributed by atoms with Crippen LogP contribution < -0.4 is 11.1 Å². The van der Waals surface area contributed by atoms with Gasteiger partial charge >= 0.3 is 5.97 Å². The quantitative estimate of drug-likeness (QED) is 0.366. The van der Waals surface area contributed by atoms with Crippen LogP contribution in [0.5, 0.6) is 0 Å². The molecule has 1 fully saturated rings. The zero-order valence-electron chi connectivity index (χ0n) is 18.9. The molecule has 0 bridgehead atoms. The molecule has 2 aromatic carbocycles. The van der Waals surface area contributed by atoms with E-state index in [1.165, 1.54) is 12.6 Å². The minimum absolute atomic E-state index is 0.165. The lowest BCUT2D eigenvalue weighted by Crippen LogP contribution is -2.37. The molecule has 3 aromatic rings. The molecule has 0 saturated heterocycles. The normalized spacial score (nSPS) is 14.2. The second-order valence-electron chi connectivity index (χ2n) is 8.50. The molecule has 0 radical (unpaired) electrons. The van der Waals surface area contributed by atoms with E-state index in [0.29, 0.717) is 30.1 Å². The highest BCUT2D eigenvalue weighted by molar-refractivity contribution is 6.09. The molecule has 0 atom stereocenters. The van der Waals surface area contributed by atoms with Crippen molar-refractivity contribution in [2.75, 3.05) is 12.3 Å². The molecular weight excluding hydrogens is 416 g/mol. The van der Waals surface area contributed by atoms with Gasteiger partial charge in [0, 0.05) is 24.2 Å². The van der Waals surface area contributed by atoms with Crippen LogP contribution in [-0.4, -0.2) is 35.3 Å². The van der Waals surface area contributed by atoms with Gasteiger partial charge in [0.25, 0.3) is 5.91 Å². The minimum Gasteiger partial charge on any atom is -0.462 e. The smallest absolute Gasteiger partial charge is 0.338 e. The molecule has 4 N–H and O–H groups in total. The Morgan fingerprint density at radius 3 is 2.55 bits per heavy atom. The van der Waals surface area contributed by atoms with Crippen molar-refractivity contribution in [3.8, 4) is 0 Å². The van der Waals surface area contributed by atoms with Gasteiger partial charge in [-0.2, -0.15) is 0 Å². The number of nitrogens with zero attached hydrogens (tertiary/aromatic N) is 1. The molecule has 7 nitrogen and oxygen atoms in total. The van der Waals surface area contributed by atoms with Crippen molar-refractivity contribution in [3.05, 3.63) is 64.8 Å². The first-order chi connectivity index (χ1) is 16.0. The number of anilines is 1. The van der Waals surface area contributed by atoms with Gasteiger partial charge < -0.3 is 25.8 Å². The molecular formula is C26H30N4O3. The lowest BCUT2D eigenvalue weighted by molar-refractivity contribution is 0.0526. The fourth-order valence-electron chi connectivity index (χ4n) is 4.54. The molecule has 1 aliphatic carbocycles. The van der Waals surface area contributed by atoms with Crippen LogP contribution in [0.25, 0.3) is 10.9 Å². The van der Waals surface area contributed by atoms with E-state index in [-0.39, 0.29) is 17.9 Å².